The van der Waals surface area contributed by atoms with Crippen LogP contribution in [-0.2, 0) is 11.3 Å². The van der Waals surface area contributed by atoms with Crippen LogP contribution in [0.15, 0.2) is 52.1 Å². The van der Waals surface area contributed by atoms with E-state index in [4.69, 9.17) is 4.74 Å². The first-order valence-corrected chi connectivity index (χ1v) is 7.87. The fourth-order valence-electron chi connectivity index (χ4n) is 1.45. The van der Waals surface area contributed by atoms with Crippen molar-refractivity contribution >= 4 is 24.7 Å². The van der Waals surface area contributed by atoms with Crippen LogP contribution in [0.1, 0.15) is 12.0 Å². The molecule has 0 radical (unpaired) electrons. The third-order valence-electron chi connectivity index (χ3n) is 2.35. The summed E-state index contributed by atoms with van der Waals surface area (Å²) in [5.41, 5.74) is 2.63. The van der Waals surface area contributed by atoms with Gasteiger partial charge in [-0.1, -0.05) is 63.2 Å². The Hall–Kier alpha value is -0.740. The van der Waals surface area contributed by atoms with Crippen molar-refractivity contribution in [2.45, 2.75) is 13.0 Å². The van der Waals surface area contributed by atoms with Crippen molar-refractivity contribution in [1.29, 1.82) is 0 Å². The number of benzene rings is 1. The van der Waals surface area contributed by atoms with E-state index in [9.17, 15) is 0 Å². The van der Waals surface area contributed by atoms with E-state index in [2.05, 4.69) is 32.4 Å². The minimum atomic E-state index is 0.208. The summed E-state index contributed by atoms with van der Waals surface area (Å²) in [5, 5.41) is 0. The van der Waals surface area contributed by atoms with Crippen LogP contribution in [0.3, 0.4) is 0 Å². The van der Waals surface area contributed by atoms with Crippen LogP contribution in [0.25, 0.3) is 0 Å². The molecule has 1 aromatic carbocycles. The molecule has 0 aliphatic carbocycles. The van der Waals surface area contributed by atoms with Crippen molar-refractivity contribution in [2.24, 2.45) is 0 Å². The molecule has 16 heavy (non-hydrogen) atoms. The van der Waals surface area contributed by atoms with Crippen molar-refractivity contribution in [3.05, 3.63) is 57.7 Å². The topological polar surface area (TPSA) is 9.23 Å². The number of hydrogen-bond donors (Lipinski definition) is 0. The van der Waals surface area contributed by atoms with Gasteiger partial charge in [0, 0.05) is 0 Å². The third-order valence-corrected chi connectivity index (χ3v) is 3.90. The van der Waals surface area contributed by atoms with Gasteiger partial charge in [0.2, 0.25) is 0 Å². The molecule has 2 rings (SSSR count). The van der Waals surface area contributed by atoms with Gasteiger partial charge in [-0.2, -0.15) is 0 Å². The Morgan fingerprint density at radius 1 is 1.12 bits per heavy atom. The molecule has 1 heterocycles. The fraction of sp³-hybridized carbons (Fsp3) is 0.214. The summed E-state index contributed by atoms with van der Waals surface area (Å²) in [7, 11) is 0. The number of allylic oxidation sites excluding steroid dienone is 2. The smallest absolute Gasteiger partial charge is 0.0717 e. The zero-order chi connectivity index (χ0) is 11.1. The maximum Gasteiger partial charge on any atom is 0.0717 e. The van der Waals surface area contributed by atoms with E-state index in [0.717, 1.165) is 13.0 Å². The van der Waals surface area contributed by atoms with Crippen LogP contribution >= 0.6 is 20.7 Å². The molecule has 1 aliphatic rings. The predicted octanol–water partition coefficient (Wildman–Crippen LogP) is 3.82. The lowest BCUT2D eigenvalue weighted by molar-refractivity contribution is 0.124. The third kappa shape index (κ3) is 4.02. The van der Waals surface area contributed by atoms with Crippen LogP contribution in [0, 0.1) is 0 Å². The summed E-state index contributed by atoms with van der Waals surface area (Å²) in [4.78, 5) is 0. The van der Waals surface area contributed by atoms with Crippen LogP contribution in [0.5, 0.6) is 0 Å². The maximum atomic E-state index is 5.64. The Morgan fingerprint density at radius 2 is 2.00 bits per heavy atom. The van der Waals surface area contributed by atoms with Gasteiger partial charge in [0.05, 0.1) is 13.2 Å². The lowest BCUT2D eigenvalue weighted by Gasteiger charge is -2.05. The molecule has 0 unspecified atom stereocenters. The molecule has 0 amide bonds. The molecule has 0 saturated carbocycles. The Bertz CT molecular complexity index is 404. The van der Waals surface area contributed by atoms with E-state index >= 15 is 0 Å². The molecule has 0 fully saturated rings. The highest BCUT2D eigenvalue weighted by Gasteiger charge is 1.96. The van der Waals surface area contributed by atoms with E-state index in [1.807, 2.05) is 18.2 Å². The van der Waals surface area contributed by atoms with Crippen LogP contribution in [0.4, 0.5) is 0 Å². The van der Waals surface area contributed by atoms with Crippen LogP contribution in [-0.4, -0.2) is 10.6 Å². The van der Waals surface area contributed by atoms with Crippen molar-refractivity contribution in [2.75, 3.05) is 6.61 Å². The predicted molar refractivity (Wildman–Crippen MR) is 78.0 cm³/mol. The molecule has 0 bridgehead atoms. The van der Waals surface area contributed by atoms with Crippen molar-refractivity contribution in [1.82, 2.24) is 0 Å². The van der Waals surface area contributed by atoms with Gasteiger partial charge in [-0.15, -0.1) is 0 Å². The second-order valence-electron chi connectivity index (χ2n) is 3.57. The summed E-state index contributed by atoms with van der Waals surface area (Å²) < 4.78 is 10.2. The molecule has 0 aromatic heterocycles. The lowest BCUT2D eigenvalue weighted by Crippen LogP contribution is -1.96. The monoisotopic (exact) mass is 326 g/mol. The van der Waals surface area contributed by atoms with Crippen LogP contribution < -0.4 is 0 Å². The van der Waals surface area contributed by atoms with Gasteiger partial charge in [0.15, 0.2) is 0 Å². The van der Waals surface area contributed by atoms with Gasteiger partial charge in [0.25, 0.3) is 0 Å². The Morgan fingerprint density at radius 3 is 2.75 bits per heavy atom. The number of hydrogen-bond acceptors (Lipinski definition) is 1. The quantitative estimate of drug-likeness (QED) is 0.590. The first-order valence-electron chi connectivity index (χ1n) is 5.38. The molecular weight excluding hydrogens is 311 g/mol. The van der Waals surface area contributed by atoms with E-state index in [1.54, 1.807) is 0 Å². The molecule has 1 aromatic rings. The summed E-state index contributed by atoms with van der Waals surface area (Å²) in [6, 6.07) is 10.3. The zero-order valence-electron chi connectivity index (χ0n) is 9.10. The molecule has 0 atom stereocenters. The second kappa shape index (κ2) is 6.76. The lowest BCUT2D eigenvalue weighted by atomic mass is 10.2. The molecule has 0 saturated heterocycles. The number of ether oxygens (including phenoxy) is 1. The Kier molecular flexibility index (Phi) is 4.96. The summed E-state index contributed by atoms with van der Waals surface area (Å²) >= 11 is 0.208. The largest absolute Gasteiger partial charge is 0.376 e. The van der Waals surface area contributed by atoms with E-state index < -0.39 is 0 Å². The minimum Gasteiger partial charge on any atom is -0.376 e. The van der Waals surface area contributed by atoms with Crippen molar-refractivity contribution in [3.63, 3.8) is 0 Å². The highest BCUT2D eigenvalue weighted by Crippen LogP contribution is 2.13. The van der Waals surface area contributed by atoms with Crippen molar-refractivity contribution < 1.29 is 4.74 Å². The van der Waals surface area contributed by atoms with E-state index in [0.29, 0.717) is 6.61 Å². The van der Waals surface area contributed by atoms with E-state index in [1.165, 1.54) is 11.1 Å². The number of halogens is 1. The zero-order valence-corrected chi connectivity index (χ0v) is 11.3. The second-order valence-corrected chi connectivity index (χ2v) is 5.73. The first-order chi connectivity index (χ1) is 7.95. The minimum absolute atomic E-state index is 0.208. The average molecular weight is 326 g/mol. The Labute approximate surface area is 107 Å². The molecule has 0 N–H and O–H groups in total. The van der Waals surface area contributed by atoms with Gasteiger partial charge in [0.1, 0.15) is 0 Å². The SMILES string of the molecule is C1=CC(CCOCc2ccccc2)=CC=I1. The molecule has 1 aliphatic heterocycles. The summed E-state index contributed by atoms with van der Waals surface area (Å²) in [5.74, 6) is 0. The summed E-state index contributed by atoms with van der Waals surface area (Å²) in [6.07, 6.45) is 5.49. The average Bonchev–Trinajstić information content (AvgIpc) is 2.37. The fourth-order valence-corrected chi connectivity index (χ4v) is 3.03. The first kappa shape index (κ1) is 11.7. The molecule has 1 nitrogen and oxygen atoms in total. The molecule has 0 spiro atoms. The molecular formula is C14H15IO. The van der Waals surface area contributed by atoms with E-state index in [-0.39, 0.29) is 20.7 Å². The standard InChI is InChI=1S/C14H15IO/c1-2-4-14(5-3-1)12-16-11-8-13-6-9-15-10-7-13/h1-7,9-10H,8,11-12H2. The van der Waals surface area contributed by atoms with Gasteiger partial charge in [-0.05, 0) is 25.7 Å². The van der Waals surface area contributed by atoms with Gasteiger partial charge >= 0.3 is 0 Å². The normalized spacial score (nSPS) is 14.4. The number of rotatable bonds is 5. The molecule has 2 heteroatoms. The van der Waals surface area contributed by atoms with Gasteiger partial charge in [-0.3, -0.25) is 0 Å². The van der Waals surface area contributed by atoms with Gasteiger partial charge in [-0.25, -0.2) is 0 Å². The highest BCUT2D eigenvalue weighted by molar-refractivity contribution is 14.2. The Balaban J connectivity index is 1.68. The van der Waals surface area contributed by atoms with Crippen molar-refractivity contribution in [3.8, 4) is 0 Å². The highest BCUT2D eigenvalue weighted by atomic mass is 127. The molecule has 84 valence electrons. The van der Waals surface area contributed by atoms with Crippen LogP contribution in [0.2, 0.25) is 0 Å². The summed E-state index contributed by atoms with van der Waals surface area (Å²) in [6.45, 7) is 1.52. The maximum absolute atomic E-state index is 5.64. The van der Waals surface area contributed by atoms with Gasteiger partial charge < -0.3 is 4.74 Å².